The van der Waals surface area contributed by atoms with Crippen LogP contribution in [0.15, 0.2) is 0 Å². The predicted octanol–water partition coefficient (Wildman–Crippen LogP) is 0.869. The maximum atomic E-state index is 5.65. The molecule has 3 N–H and O–H groups in total. The van der Waals surface area contributed by atoms with Gasteiger partial charge in [0.05, 0.1) is 12.3 Å². The maximum Gasteiger partial charge on any atom is 0.193 e. The molecule has 1 aliphatic rings. The minimum absolute atomic E-state index is 0.271. The molecule has 2 heterocycles. The largest absolute Gasteiger partial charge is 0.378 e. The Balaban J connectivity index is 2.44. The summed E-state index contributed by atoms with van der Waals surface area (Å²) in [7, 11) is 1.66. The van der Waals surface area contributed by atoms with E-state index < -0.39 is 0 Å². The van der Waals surface area contributed by atoms with Crippen LogP contribution < -0.4 is 11.1 Å². The summed E-state index contributed by atoms with van der Waals surface area (Å²) >= 11 is 4.99. The molecular weight excluding hydrogens is 224 g/mol. The van der Waals surface area contributed by atoms with E-state index in [9.17, 15) is 0 Å². The number of nitrogens with zero attached hydrogens (tertiary/aromatic N) is 2. The van der Waals surface area contributed by atoms with Gasteiger partial charge in [0, 0.05) is 19.2 Å². The van der Waals surface area contributed by atoms with Crippen molar-refractivity contribution >= 4 is 23.1 Å². The van der Waals surface area contributed by atoms with Crippen molar-refractivity contribution < 1.29 is 4.74 Å². The van der Waals surface area contributed by atoms with E-state index >= 15 is 0 Å². The molecule has 6 heteroatoms. The van der Waals surface area contributed by atoms with Crippen LogP contribution in [-0.2, 0) is 17.8 Å². The number of hydrogen-bond donors (Lipinski definition) is 2. The second-order valence-corrected chi connectivity index (χ2v) is 4.26. The molecule has 1 aliphatic heterocycles. The molecule has 0 spiro atoms. The monoisotopic (exact) mass is 240 g/mol. The Bertz CT molecular complexity index is 402. The fourth-order valence-corrected chi connectivity index (χ4v) is 2.12. The summed E-state index contributed by atoms with van der Waals surface area (Å²) in [6, 6.07) is 0. The molecule has 2 rings (SSSR count). The third kappa shape index (κ3) is 2.03. The average molecular weight is 240 g/mol. The highest BCUT2D eigenvalue weighted by Crippen LogP contribution is 2.25. The number of ether oxygens (including phenoxy) is 1. The second kappa shape index (κ2) is 4.80. The van der Waals surface area contributed by atoms with Crippen molar-refractivity contribution in [1.29, 1.82) is 0 Å². The zero-order valence-electron chi connectivity index (χ0n) is 9.32. The van der Waals surface area contributed by atoms with E-state index in [4.69, 9.17) is 22.7 Å². The van der Waals surface area contributed by atoms with Gasteiger partial charge in [0.25, 0.3) is 0 Å². The van der Waals surface area contributed by atoms with Crippen molar-refractivity contribution in [3.63, 3.8) is 0 Å². The lowest BCUT2D eigenvalue weighted by molar-refractivity contribution is 0.180. The van der Waals surface area contributed by atoms with Crippen LogP contribution in [-0.4, -0.2) is 28.5 Å². The van der Waals surface area contributed by atoms with Gasteiger partial charge >= 0.3 is 0 Å². The molecule has 5 nitrogen and oxygen atoms in total. The van der Waals surface area contributed by atoms with E-state index in [-0.39, 0.29) is 5.11 Å². The van der Waals surface area contributed by atoms with Gasteiger partial charge in [-0.3, -0.25) is 0 Å². The summed E-state index contributed by atoms with van der Waals surface area (Å²) in [6.45, 7) is 1.44. The molecule has 0 amide bonds. The number of hydrogen-bond acceptors (Lipinski definition) is 4. The third-order valence-corrected chi connectivity index (χ3v) is 2.88. The lowest BCUT2D eigenvalue weighted by Gasteiger charge is -2.06. The fourth-order valence-electron chi connectivity index (χ4n) is 1.99. The maximum absolute atomic E-state index is 5.65. The average Bonchev–Trinajstić information content (AvgIpc) is 2.46. The van der Waals surface area contributed by atoms with Gasteiger partial charge in [0.1, 0.15) is 5.82 Å². The van der Waals surface area contributed by atoms with E-state index in [1.807, 2.05) is 0 Å². The van der Waals surface area contributed by atoms with Crippen LogP contribution >= 0.6 is 12.2 Å². The Morgan fingerprint density at radius 2 is 2.44 bits per heavy atom. The van der Waals surface area contributed by atoms with Crippen LogP contribution in [0.5, 0.6) is 0 Å². The van der Waals surface area contributed by atoms with Gasteiger partial charge in [-0.25, -0.2) is 0 Å². The number of thiocarbonyl (C=S) groups is 1. The van der Waals surface area contributed by atoms with Crippen LogP contribution in [0.3, 0.4) is 0 Å². The normalized spacial score (nSPS) is 15.1. The van der Waals surface area contributed by atoms with Gasteiger partial charge < -0.3 is 15.8 Å². The van der Waals surface area contributed by atoms with E-state index in [0.717, 1.165) is 37.3 Å². The molecule has 0 aliphatic carbocycles. The van der Waals surface area contributed by atoms with Crippen molar-refractivity contribution in [3.8, 4) is 0 Å². The van der Waals surface area contributed by atoms with E-state index in [2.05, 4.69) is 10.4 Å². The first-order chi connectivity index (χ1) is 7.74. The van der Waals surface area contributed by atoms with Gasteiger partial charge in [0.15, 0.2) is 5.11 Å². The van der Waals surface area contributed by atoms with Crippen molar-refractivity contribution in [2.75, 3.05) is 19.0 Å². The first kappa shape index (κ1) is 11.3. The zero-order valence-corrected chi connectivity index (χ0v) is 10.1. The Hall–Kier alpha value is -1.14. The van der Waals surface area contributed by atoms with Crippen molar-refractivity contribution in [2.24, 2.45) is 5.73 Å². The minimum Gasteiger partial charge on any atom is -0.378 e. The number of fused-ring (bicyclic) bond motifs is 1. The number of anilines is 1. The molecule has 0 fully saturated rings. The molecule has 0 aromatic carbocycles. The first-order valence-corrected chi connectivity index (χ1v) is 5.78. The molecule has 0 radical (unpaired) electrons. The summed E-state index contributed by atoms with van der Waals surface area (Å²) in [4.78, 5) is 0. The number of nitrogens with one attached hydrogen (secondary N) is 1. The molecule has 0 saturated heterocycles. The van der Waals surface area contributed by atoms with Crippen LogP contribution in [0, 0.1) is 0 Å². The Morgan fingerprint density at radius 3 is 3.12 bits per heavy atom. The molecule has 88 valence electrons. The summed E-state index contributed by atoms with van der Waals surface area (Å²) in [5.41, 5.74) is 7.77. The molecular formula is C10H16N4OS. The Labute approximate surface area is 99.9 Å². The summed E-state index contributed by atoms with van der Waals surface area (Å²) in [5, 5.41) is 7.99. The number of rotatable bonds is 2. The van der Waals surface area contributed by atoms with E-state index in [1.165, 1.54) is 5.56 Å². The minimum atomic E-state index is 0.271. The molecule has 0 atom stereocenters. The summed E-state index contributed by atoms with van der Waals surface area (Å²) in [5.74, 6) is 0.942. The summed E-state index contributed by atoms with van der Waals surface area (Å²) < 4.78 is 6.74. The standard InChI is InChI=1S/C10H16N4OS/c1-15-6-8-7-4-2-3-5-12-9(7)14(13-8)10(11)16/h12H,2-6H2,1H3,(H2,11,16). The molecule has 1 aromatic heterocycles. The lowest BCUT2D eigenvalue weighted by Crippen LogP contribution is -2.23. The van der Waals surface area contributed by atoms with Gasteiger partial charge in [-0.05, 0) is 31.5 Å². The molecule has 0 bridgehead atoms. The fraction of sp³-hybridized carbons (Fsp3) is 0.600. The van der Waals surface area contributed by atoms with Gasteiger partial charge in [-0.1, -0.05) is 0 Å². The van der Waals surface area contributed by atoms with Crippen LogP contribution in [0.25, 0.3) is 0 Å². The van der Waals surface area contributed by atoms with Crippen molar-refractivity contribution in [2.45, 2.75) is 25.9 Å². The molecule has 0 unspecified atom stereocenters. The van der Waals surface area contributed by atoms with E-state index in [1.54, 1.807) is 11.8 Å². The van der Waals surface area contributed by atoms with Crippen molar-refractivity contribution in [1.82, 2.24) is 9.78 Å². The molecule has 1 aromatic rings. The second-order valence-electron chi connectivity index (χ2n) is 3.84. The third-order valence-electron chi connectivity index (χ3n) is 2.70. The Kier molecular flexibility index (Phi) is 3.40. The highest BCUT2D eigenvalue weighted by molar-refractivity contribution is 7.80. The summed E-state index contributed by atoms with van der Waals surface area (Å²) in [6.07, 6.45) is 3.31. The highest BCUT2D eigenvalue weighted by Gasteiger charge is 2.20. The van der Waals surface area contributed by atoms with Crippen LogP contribution in [0.1, 0.15) is 24.1 Å². The number of aromatic nitrogens is 2. The lowest BCUT2D eigenvalue weighted by atomic mass is 10.1. The predicted molar refractivity (Wildman–Crippen MR) is 66.6 cm³/mol. The van der Waals surface area contributed by atoms with Crippen LogP contribution in [0.4, 0.5) is 5.82 Å². The highest BCUT2D eigenvalue weighted by atomic mass is 32.1. The molecule has 16 heavy (non-hydrogen) atoms. The smallest absolute Gasteiger partial charge is 0.193 e. The topological polar surface area (TPSA) is 65.1 Å². The quantitative estimate of drug-likeness (QED) is 0.751. The van der Waals surface area contributed by atoms with Gasteiger partial charge in [-0.2, -0.15) is 9.78 Å². The van der Waals surface area contributed by atoms with Crippen molar-refractivity contribution in [3.05, 3.63) is 11.3 Å². The first-order valence-electron chi connectivity index (χ1n) is 5.37. The Morgan fingerprint density at radius 1 is 1.62 bits per heavy atom. The zero-order chi connectivity index (χ0) is 11.5. The van der Waals surface area contributed by atoms with Crippen LogP contribution in [0.2, 0.25) is 0 Å². The van der Waals surface area contributed by atoms with Gasteiger partial charge in [-0.15, -0.1) is 0 Å². The van der Waals surface area contributed by atoms with E-state index in [0.29, 0.717) is 6.61 Å². The number of nitrogens with two attached hydrogens (primary N) is 1. The number of methoxy groups -OCH3 is 1. The SMILES string of the molecule is COCc1nn(C(N)=S)c2c1CCCCN2. The van der Waals surface area contributed by atoms with Gasteiger partial charge in [0.2, 0.25) is 0 Å². The molecule has 0 saturated carbocycles.